The number of rotatable bonds is 6. The zero-order chi connectivity index (χ0) is 19.1. The Hall–Kier alpha value is -3.16. The molecule has 0 aliphatic carbocycles. The molecule has 0 unspecified atom stereocenters. The lowest BCUT2D eigenvalue weighted by atomic mass is 10.1. The van der Waals surface area contributed by atoms with Crippen molar-refractivity contribution in [1.29, 1.82) is 0 Å². The molecule has 2 rings (SSSR count). The summed E-state index contributed by atoms with van der Waals surface area (Å²) >= 11 is 0. The summed E-state index contributed by atoms with van der Waals surface area (Å²) < 4.78 is 14.4. The lowest BCUT2D eigenvalue weighted by Crippen LogP contribution is -2.17. The summed E-state index contributed by atoms with van der Waals surface area (Å²) in [5.74, 6) is -0.561. The lowest BCUT2D eigenvalue weighted by molar-refractivity contribution is -0.0275. The topological polar surface area (TPSA) is 108 Å². The second-order valence-corrected chi connectivity index (χ2v) is 5.54. The molecule has 0 radical (unpaired) electrons. The first-order valence-corrected chi connectivity index (χ1v) is 7.93. The van der Waals surface area contributed by atoms with Gasteiger partial charge in [0.1, 0.15) is 5.75 Å². The maximum Gasteiger partial charge on any atom is 0.511 e. The van der Waals surface area contributed by atoms with Gasteiger partial charge in [-0.15, -0.1) is 0 Å². The summed E-state index contributed by atoms with van der Waals surface area (Å²) in [4.78, 5) is 31.8. The highest BCUT2D eigenvalue weighted by Gasteiger charge is 2.16. The number of hydrogen-bond donors (Lipinski definition) is 1. The first-order valence-electron chi connectivity index (χ1n) is 7.93. The van der Waals surface area contributed by atoms with E-state index in [4.69, 9.17) is 14.2 Å². The van der Waals surface area contributed by atoms with E-state index in [9.17, 15) is 14.7 Å². The molecule has 26 heavy (non-hydrogen) atoms. The van der Waals surface area contributed by atoms with Crippen LogP contribution < -0.4 is 0 Å². The third-order valence-electron chi connectivity index (χ3n) is 3.59. The number of nitrogens with zero attached hydrogens (tertiary/aromatic N) is 2. The Labute approximate surface area is 150 Å². The van der Waals surface area contributed by atoms with Gasteiger partial charge in [-0.3, -0.25) is 4.98 Å². The number of carbonyl (C=O) groups is 2. The fraction of sp³-hybridized carbons (Fsp3) is 0.333. The van der Waals surface area contributed by atoms with Crippen LogP contribution in [0.5, 0.6) is 5.75 Å². The molecule has 0 spiro atoms. The molecule has 8 heteroatoms. The molecule has 0 atom stereocenters. The average molecular weight is 360 g/mol. The molecule has 138 valence electrons. The average Bonchev–Trinajstić information content (AvgIpc) is 2.59. The van der Waals surface area contributed by atoms with Crippen molar-refractivity contribution in [2.45, 2.75) is 27.2 Å². The Kier molecular flexibility index (Phi) is 6.48. The molecule has 8 nitrogen and oxygen atoms in total. The summed E-state index contributed by atoms with van der Waals surface area (Å²) in [6.07, 6.45) is -0.480. The molecule has 0 amide bonds. The van der Waals surface area contributed by atoms with E-state index < -0.39 is 18.9 Å². The minimum absolute atomic E-state index is 0.0809. The number of phenolic OH excluding ortho intramolecular Hbond substituents is 1. The van der Waals surface area contributed by atoms with Gasteiger partial charge in [0.05, 0.1) is 23.7 Å². The maximum atomic E-state index is 12.0. The number of aromatic nitrogens is 2. The Morgan fingerprint density at radius 2 is 1.58 bits per heavy atom. The van der Waals surface area contributed by atoms with Crippen molar-refractivity contribution >= 4 is 12.1 Å². The van der Waals surface area contributed by atoms with E-state index in [1.165, 1.54) is 0 Å². The molecule has 0 aliphatic rings. The van der Waals surface area contributed by atoms with Crippen LogP contribution >= 0.6 is 0 Å². The van der Waals surface area contributed by atoms with Crippen LogP contribution in [0.2, 0.25) is 0 Å². The fourth-order valence-corrected chi connectivity index (χ4v) is 2.06. The van der Waals surface area contributed by atoms with E-state index in [-0.39, 0.29) is 18.1 Å². The van der Waals surface area contributed by atoms with Crippen molar-refractivity contribution in [3.63, 3.8) is 0 Å². The molecular formula is C18H20N2O6. The Balaban J connectivity index is 1.71. The van der Waals surface area contributed by atoms with Gasteiger partial charge < -0.3 is 19.3 Å². The third kappa shape index (κ3) is 5.44. The highest BCUT2D eigenvalue weighted by Crippen LogP contribution is 2.10. The van der Waals surface area contributed by atoms with Gasteiger partial charge in [0, 0.05) is 6.42 Å². The Morgan fingerprint density at radius 1 is 0.923 bits per heavy atom. The summed E-state index contributed by atoms with van der Waals surface area (Å²) in [5, 5.41) is 9.19. The molecule has 0 fully saturated rings. The highest BCUT2D eigenvalue weighted by atomic mass is 16.8. The van der Waals surface area contributed by atoms with Crippen LogP contribution in [0.15, 0.2) is 24.3 Å². The number of phenols is 1. The van der Waals surface area contributed by atoms with Crippen LogP contribution in [0.3, 0.4) is 0 Å². The van der Waals surface area contributed by atoms with Crippen molar-refractivity contribution in [3.8, 4) is 5.75 Å². The molecule has 1 aromatic heterocycles. The van der Waals surface area contributed by atoms with Crippen molar-refractivity contribution < 1.29 is 28.9 Å². The first-order chi connectivity index (χ1) is 12.4. The molecule has 0 aliphatic heterocycles. The SMILES string of the molecule is Cc1nc(C)c(C(=O)OCOC(=O)OCCc2ccc(O)cc2)nc1C. The second kappa shape index (κ2) is 8.80. The Morgan fingerprint density at radius 3 is 2.27 bits per heavy atom. The van der Waals surface area contributed by atoms with Crippen LogP contribution in [-0.4, -0.2) is 40.6 Å². The largest absolute Gasteiger partial charge is 0.511 e. The fourth-order valence-electron chi connectivity index (χ4n) is 2.06. The predicted octanol–water partition coefficient (Wildman–Crippen LogP) is 2.62. The smallest absolute Gasteiger partial charge is 0.508 e. The minimum Gasteiger partial charge on any atom is -0.508 e. The van der Waals surface area contributed by atoms with E-state index >= 15 is 0 Å². The van der Waals surface area contributed by atoms with Crippen molar-refractivity contribution in [1.82, 2.24) is 9.97 Å². The first kappa shape index (κ1) is 19.2. The normalized spacial score (nSPS) is 10.3. The monoisotopic (exact) mass is 360 g/mol. The third-order valence-corrected chi connectivity index (χ3v) is 3.59. The summed E-state index contributed by atoms with van der Waals surface area (Å²) in [6.45, 7) is 4.70. The van der Waals surface area contributed by atoms with Gasteiger partial charge >= 0.3 is 12.1 Å². The number of carbonyl (C=O) groups excluding carboxylic acids is 2. The van der Waals surface area contributed by atoms with Crippen LogP contribution in [-0.2, 0) is 20.6 Å². The number of hydrogen-bond acceptors (Lipinski definition) is 8. The van der Waals surface area contributed by atoms with Gasteiger partial charge in [-0.2, -0.15) is 0 Å². The van der Waals surface area contributed by atoms with E-state index in [1.807, 2.05) is 0 Å². The molecule has 1 aromatic carbocycles. The van der Waals surface area contributed by atoms with Crippen molar-refractivity contribution in [3.05, 3.63) is 52.6 Å². The zero-order valence-electron chi connectivity index (χ0n) is 14.8. The summed E-state index contributed by atoms with van der Waals surface area (Å²) in [6, 6.07) is 6.53. The zero-order valence-corrected chi connectivity index (χ0v) is 14.8. The Bertz CT molecular complexity index is 789. The minimum atomic E-state index is -0.945. The van der Waals surface area contributed by atoms with Crippen LogP contribution in [0.25, 0.3) is 0 Å². The molecule has 0 saturated carbocycles. The van der Waals surface area contributed by atoms with Crippen molar-refractivity contribution in [2.24, 2.45) is 0 Å². The van der Waals surface area contributed by atoms with Crippen LogP contribution in [0, 0.1) is 20.8 Å². The van der Waals surface area contributed by atoms with Crippen LogP contribution in [0.1, 0.15) is 33.1 Å². The van der Waals surface area contributed by atoms with Gasteiger partial charge in [-0.1, -0.05) is 12.1 Å². The molecule has 2 aromatic rings. The van der Waals surface area contributed by atoms with Gasteiger partial charge in [0.25, 0.3) is 0 Å². The number of aryl methyl sites for hydroxylation is 3. The van der Waals surface area contributed by atoms with E-state index in [0.717, 1.165) is 11.3 Å². The number of esters is 1. The molecular weight excluding hydrogens is 340 g/mol. The van der Waals surface area contributed by atoms with E-state index in [1.54, 1.807) is 45.0 Å². The molecule has 0 bridgehead atoms. The number of ether oxygens (including phenoxy) is 3. The quantitative estimate of drug-likeness (QED) is 0.619. The molecule has 1 N–H and O–H groups in total. The molecule has 0 saturated heterocycles. The van der Waals surface area contributed by atoms with Crippen molar-refractivity contribution in [2.75, 3.05) is 13.4 Å². The van der Waals surface area contributed by atoms with Gasteiger partial charge in [-0.05, 0) is 38.5 Å². The number of aromatic hydroxyl groups is 1. The predicted molar refractivity (Wildman–Crippen MR) is 90.8 cm³/mol. The second-order valence-electron chi connectivity index (χ2n) is 5.54. The van der Waals surface area contributed by atoms with E-state index in [0.29, 0.717) is 17.8 Å². The molecule has 1 heterocycles. The van der Waals surface area contributed by atoms with Gasteiger partial charge in [0.15, 0.2) is 5.69 Å². The lowest BCUT2D eigenvalue weighted by Gasteiger charge is -2.09. The summed E-state index contributed by atoms with van der Waals surface area (Å²) in [7, 11) is 0. The van der Waals surface area contributed by atoms with Gasteiger partial charge in [0.2, 0.25) is 6.79 Å². The maximum absolute atomic E-state index is 12.0. The summed E-state index contributed by atoms with van der Waals surface area (Å²) in [5.41, 5.74) is 2.77. The standard InChI is InChI=1S/C18H20N2O6/c1-11-12(2)20-16(13(3)19-11)17(22)25-10-26-18(23)24-9-8-14-4-6-15(21)7-5-14/h4-7,21H,8-10H2,1-3H3. The number of benzene rings is 1. The van der Waals surface area contributed by atoms with Crippen LogP contribution in [0.4, 0.5) is 4.79 Å². The highest BCUT2D eigenvalue weighted by molar-refractivity contribution is 5.88. The van der Waals surface area contributed by atoms with Gasteiger partial charge in [-0.25, -0.2) is 14.6 Å². The van der Waals surface area contributed by atoms with E-state index in [2.05, 4.69) is 9.97 Å².